The van der Waals surface area contributed by atoms with Gasteiger partial charge in [0.05, 0.1) is 19.6 Å². The van der Waals surface area contributed by atoms with Crippen LogP contribution >= 0.6 is 0 Å². The molecule has 0 N–H and O–H groups in total. The van der Waals surface area contributed by atoms with Gasteiger partial charge in [-0.1, -0.05) is 18.2 Å². The first-order valence-electron chi connectivity index (χ1n) is 5.12. The zero-order valence-corrected chi connectivity index (χ0v) is 8.47. The summed E-state index contributed by atoms with van der Waals surface area (Å²) in [6.07, 6.45) is 0. The molecule has 1 saturated carbocycles. The van der Waals surface area contributed by atoms with Crippen LogP contribution in [-0.4, -0.2) is 19.7 Å². The molecule has 0 spiro atoms. The lowest BCUT2D eigenvalue weighted by molar-refractivity contribution is -0.141. The standard InChI is InChI=1S/C12H12O3/c1-14-9-5-3-2-4-7(9)10-8-6-15-12(13)11(8)10/h2-5,8,10-11H,6H2,1H3. The molecule has 3 unspecified atom stereocenters. The lowest BCUT2D eigenvalue weighted by atomic mass is 10.1. The number of hydrogen-bond acceptors (Lipinski definition) is 3. The third-order valence-corrected chi connectivity index (χ3v) is 3.36. The Kier molecular flexibility index (Phi) is 1.75. The van der Waals surface area contributed by atoms with Crippen LogP contribution in [0.4, 0.5) is 0 Å². The average molecular weight is 204 g/mol. The molecule has 3 heteroatoms. The van der Waals surface area contributed by atoms with Crippen molar-refractivity contribution in [1.29, 1.82) is 0 Å². The maximum Gasteiger partial charge on any atom is 0.310 e. The number of benzene rings is 1. The highest BCUT2D eigenvalue weighted by Gasteiger charge is 2.61. The predicted octanol–water partition coefficient (Wildman–Crippen LogP) is 1.58. The molecule has 3 rings (SSSR count). The molecule has 0 radical (unpaired) electrons. The largest absolute Gasteiger partial charge is 0.496 e. The van der Waals surface area contributed by atoms with Crippen molar-refractivity contribution < 1.29 is 14.3 Å². The Hall–Kier alpha value is -1.51. The van der Waals surface area contributed by atoms with Gasteiger partial charge in [-0.05, 0) is 11.6 Å². The molecule has 1 aromatic rings. The molecule has 1 saturated heterocycles. The van der Waals surface area contributed by atoms with Gasteiger partial charge in [0.15, 0.2) is 0 Å². The Bertz CT molecular complexity index is 413. The number of hydrogen-bond donors (Lipinski definition) is 0. The molecule has 15 heavy (non-hydrogen) atoms. The van der Waals surface area contributed by atoms with Crippen molar-refractivity contribution in [2.24, 2.45) is 11.8 Å². The Morgan fingerprint density at radius 3 is 2.80 bits per heavy atom. The van der Waals surface area contributed by atoms with E-state index in [1.807, 2.05) is 24.3 Å². The van der Waals surface area contributed by atoms with Crippen LogP contribution in [0.3, 0.4) is 0 Å². The van der Waals surface area contributed by atoms with Crippen LogP contribution in [0.5, 0.6) is 5.75 Å². The molecule has 2 aliphatic rings. The van der Waals surface area contributed by atoms with Gasteiger partial charge in [-0.2, -0.15) is 0 Å². The summed E-state index contributed by atoms with van der Waals surface area (Å²) >= 11 is 0. The highest BCUT2D eigenvalue weighted by Crippen LogP contribution is 2.59. The molecule has 1 heterocycles. The van der Waals surface area contributed by atoms with E-state index in [1.54, 1.807) is 7.11 Å². The second-order valence-corrected chi connectivity index (χ2v) is 4.09. The fraction of sp³-hybridized carbons (Fsp3) is 0.417. The third-order valence-electron chi connectivity index (χ3n) is 3.36. The predicted molar refractivity (Wildman–Crippen MR) is 53.7 cm³/mol. The minimum Gasteiger partial charge on any atom is -0.496 e. The van der Waals surface area contributed by atoms with Crippen molar-refractivity contribution >= 4 is 5.97 Å². The first kappa shape index (κ1) is 8.77. The van der Waals surface area contributed by atoms with Gasteiger partial charge in [0, 0.05) is 11.8 Å². The summed E-state index contributed by atoms with van der Waals surface area (Å²) < 4.78 is 10.3. The van der Waals surface area contributed by atoms with Crippen LogP contribution in [0.25, 0.3) is 0 Å². The van der Waals surface area contributed by atoms with E-state index < -0.39 is 0 Å². The molecule has 0 amide bonds. The van der Waals surface area contributed by atoms with Gasteiger partial charge in [0.2, 0.25) is 0 Å². The monoisotopic (exact) mass is 204 g/mol. The number of carbonyl (C=O) groups excluding carboxylic acids is 1. The Morgan fingerprint density at radius 2 is 2.13 bits per heavy atom. The number of carbonyl (C=O) groups is 1. The van der Waals surface area contributed by atoms with Crippen LogP contribution in [0, 0.1) is 11.8 Å². The first-order valence-corrected chi connectivity index (χ1v) is 5.12. The Balaban J connectivity index is 1.92. The molecular formula is C12H12O3. The minimum atomic E-state index is -0.0455. The molecule has 1 aliphatic carbocycles. The summed E-state index contributed by atoms with van der Waals surface area (Å²) in [5.74, 6) is 1.62. The van der Waals surface area contributed by atoms with Crippen molar-refractivity contribution in [3.8, 4) is 5.75 Å². The van der Waals surface area contributed by atoms with E-state index in [0.717, 1.165) is 11.3 Å². The zero-order chi connectivity index (χ0) is 10.4. The number of fused-ring (bicyclic) bond motifs is 1. The quantitative estimate of drug-likeness (QED) is 0.686. The van der Waals surface area contributed by atoms with Crippen molar-refractivity contribution in [2.75, 3.05) is 13.7 Å². The first-order chi connectivity index (χ1) is 7.33. The topological polar surface area (TPSA) is 35.5 Å². The van der Waals surface area contributed by atoms with Crippen LogP contribution in [0.15, 0.2) is 24.3 Å². The third kappa shape index (κ3) is 1.16. The summed E-state index contributed by atoms with van der Waals surface area (Å²) in [7, 11) is 1.66. The normalized spacial score (nSPS) is 32.1. The van der Waals surface area contributed by atoms with E-state index in [1.165, 1.54) is 0 Å². The molecule has 1 aliphatic heterocycles. The number of rotatable bonds is 2. The second-order valence-electron chi connectivity index (χ2n) is 4.09. The number of ether oxygens (including phenoxy) is 2. The van der Waals surface area contributed by atoms with Crippen molar-refractivity contribution in [2.45, 2.75) is 5.92 Å². The second kappa shape index (κ2) is 2.99. The van der Waals surface area contributed by atoms with Crippen LogP contribution < -0.4 is 4.74 Å². The molecule has 1 aromatic carbocycles. The van der Waals surface area contributed by atoms with Gasteiger partial charge in [-0.15, -0.1) is 0 Å². The summed E-state index contributed by atoms with van der Waals surface area (Å²) in [5, 5.41) is 0. The molecule has 2 fully saturated rings. The molecule has 3 nitrogen and oxygen atoms in total. The average Bonchev–Trinajstić information content (AvgIpc) is 2.89. The number of methoxy groups -OCH3 is 1. The van der Waals surface area contributed by atoms with E-state index in [9.17, 15) is 4.79 Å². The summed E-state index contributed by atoms with van der Waals surface area (Å²) in [4.78, 5) is 11.3. The highest BCUT2D eigenvalue weighted by atomic mass is 16.5. The van der Waals surface area contributed by atoms with Gasteiger partial charge < -0.3 is 9.47 Å². The smallest absolute Gasteiger partial charge is 0.310 e. The van der Waals surface area contributed by atoms with Crippen molar-refractivity contribution in [1.82, 2.24) is 0 Å². The van der Waals surface area contributed by atoms with Gasteiger partial charge in [-0.25, -0.2) is 0 Å². The molecule has 0 aromatic heterocycles. The zero-order valence-electron chi connectivity index (χ0n) is 8.47. The van der Waals surface area contributed by atoms with Crippen LogP contribution in [0.1, 0.15) is 11.5 Å². The van der Waals surface area contributed by atoms with E-state index >= 15 is 0 Å². The SMILES string of the molecule is COc1ccccc1C1C2COC(=O)C21. The lowest BCUT2D eigenvalue weighted by Gasteiger charge is -2.09. The maximum absolute atomic E-state index is 11.3. The van der Waals surface area contributed by atoms with Crippen molar-refractivity contribution in [3.63, 3.8) is 0 Å². The fourth-order valence-electron chi connectivity index (χ4n) is 2.54. The number of cyclic esters (lactones) is 1. The molecule has 78 valence electrons. The van der Waals surface area contributed by atoms with Crippen molar-refractivity contribution in [3.05, 3.63) is 29.8 Å². The van der Waals surface area contributed by atoms with E-state index in [4.69, 9.17) is 9.47 Å². The van der Waals surface area contributed by atoms with Gasteiger partial charge in [0.1, 0.15) is 5.75 Å². The number of para-hydroxylation sites is 1. The summed E-state index contributed by atoms with van der Waals surface area (Å²) in [5.41, 5.74) is 1.15. The summed E-state index contributed by atoms with van der Waals surface area (Å²) in [6, 6.07) is 7.90. The number of esters is 1. The van der Waals surface area contributed by atoms with Gasteiger partial charge in [0.25, 0.3) is 0 Å². The van der Waals surface area contributed by atoms with Gasteiger partial charge in [-0.3, -0.25) is 4.79 Å². The van der Waals surface area contributed by atoms with Gasteiger partial charge >= 0.3 is 5.97 Å². The fourth-order valence-corrected chi connectivity index (χ4v) is 2.54. The molecule has 3 atom stereocenters. The Labute approximate surface area is 88.0 Å². The maximum atomic E-state index is 11.3. The van der Waals surface area contributed by atoms with E-state index in [2.05, 4.69) is 0 Å². The van der Waals surface area contributed by atoms with Crippen LogP contribution in [-0.2, 0) is 9.53 Å². The highest BCUT2D eigenvalue weighted by molar-refractivity contribution is 5.81. The van der Waals surface area contributed by atoms with Crippen LogP contribution in [0.2, 0.25) is 0 Å². The molecular weight excluding hydrogens is 192 g/mol. The summed E-state index contributed by atoms with van der Waals surface area (Å²) in [6.45, 7) is 0.576. The molecule has 0 bridgehead atoms. The lowest BCUT2D eigenvalue weighted by Crippen LogP contribution is -2.05. The minimum absolute atomic E-state index is 0.0455. The van der Waals surface area contributed by atoms with E-state index in [-0.39, 0.29) is 11.9 Å². The van der Waals surface area contributed by atoms with E-state index in [0.29, 0.717) is 18.4 Å². The Morgan fingerprint density at radius 1 is 1.33 bits per heavy atom.